The third-order valence-electron chi connectivity index (χ3n) is 3.26. The number of rotatable bonds is 5. The number of ether oxygens (including phenoxy) is 2. The molecular formula is C15H20O3. The number of benzene rings is 1. The average Bonchev–Trinajstić information content (AvgIpc) is 3.13. The van der Waals surface area contributed by atoms with Crippen molar-refractivity contribution in [1.29, 1.82) is 0 Å². The van der Waals surface area contributed by atoms with Gasteiger partial charge in [0.2, 0.25) is 0 Å². The first kappa shape index (κ1) is 13.1. The molecule has 0 bridgehead atoms. The second kappa shape index (κ2) is 5.11. The summed E-state index contributed by atoms with van der Waals surface area (Å²) < 4.78 is 10.9. The van der Waals surface area contributed by atoms with Crippen LogP contribution >= 0.6 is 0 Å². The van der Waals surface area contributed by atoms with Crippen LogP contribution in [0.2, 0.25) is 0 Å². The van der Waals surface area contributed by atoms with E-state index in [-0.39, 0.29) is 5.97 Å². The smallest absolute Gasteiger partial charge is 0.338 e. The molecule has 0 aliphatic carbocycles. The molecule has 3 nitrogen and oxygen atoms in total. The Morgan fingerprint density at radius 1 is 1.39 bits per heavy atom. The molecule has 0 saturated carbocycles. The molecule has 0 amide bonds. The highest BCUT2D eigenvalue weighted by Gasteiger charge is 2.61. The number of esters is 1. The Morgan fingerprint density at radius 2 is 2.06 bits per heavy atom. The number of hydrogen-bond acceptors (Lipinski definition) is 3. The van der Waals surface area contributed by atoms with Crippen molar-refractivity contribution in [1.82, 2.24) is 0 Å². The lowest BCUT2D eigenvalue weighted by Gasteiger charge is -2.11. The van der Waals surface area contributed by atoms with E-state index in [1.165, 1.54) is 0 Å². The predicted octanol–water partition coefficient (Wildman–Crippen LogP) is 2.89. The SMILES string of the molecule is CC[C@]1(c2ccccc2)O[C@@H]1C(=O)OCC(C)C. The van der Waals surface area contributed by atoms with Gasteiger partial charge in [0, 0.05) is 0 Å². The van der Waals surface area contributed by atoms with Crippen LogP contribution in [0.4, 0.5) is 0 Å². The number of epoxide rings is 1. The first-order valence-electron chi connectivity index (χ1n) is 6.50. The molecule has 0 radical (unpaired) electrons. The minimum atomic E-state index is -0.463. The van der Waals surface area contributed by atoms with Crippen LogP contribution in [0.15, 0.2) is 30.3 Å². The molecule has 18 heavy (non-hydrogen) atoms. The number of carbonyl (C=O) groups excluding carboxylic acids is 1. The summed E-state index contributed by atoms with van der Waals surface area (Å²) >= 11 is 0. The molecule has 0 N–H and O–H groups in total. The fourth-order valence-electron chi connectivity index (χ4n) is 2.15. The standard InChI is InChI=1S/C15H20O3/c1-4-15(12-8-6-5-7-9-12)13(18-15)14(16)17-10-11(2)3/h5-9,11,13H,4,10H2,1-3H3/t13-,15-/m1/s1. The highest BCUT2D eigenvalue weighted by molar-refractivity contribution is 5.80. The zero-order valence-corrected chi connectivity index (χ0v) is 11.2. The molecule has 0 unspecified atom stereocenters. The van der Waals surface area contributed by atoms with Gasteiger partial charge in [0.25, 0.3) is 0 Å². The van der Waals surface area contributed by atoms with E-state index in [1.54, 1.807) is 0 Å². The molecule has 1 heterocycles. The molecule has 98 valence electrons. The van der Waals surface area contributed by atoms with Crippen molar-refractivity contribution in [2.24, 2.45) is 5.92 Å². The van der Waals surface area contributed by atoms with Crippen molar-refractivity contribution in [2.75, 3.05) is 6.61 Å². The molecule has 1 aliphatic rings. The van der Waals surface area contributed by atoms with Gasteiger partial charge in [-0.05, 0) is 17.9 Å². The van der Waals surface area contributed by atoms with Crippen LogP contribution in [0.5, 0.6) is 0 Å². The van der Waals surface area contributed by atoms with Crippen molar-refractivity contribution in [2.45, 2.75) is 38.9 Å². The first-order chi connectivity index (χ1) is 8.60. The van der Waals surface area contributed by atoms with Crippen LogP contribution in [0.3, 0.4) is 0 Å². The maximum atomic E-state index is 11.9. The van der Waals surface area contributed by atoms with E-state index >= 15 is 0 Å². The molecule has 0 spiro atoms. The average molecular weight is 248 g/mol. The minimum absolute atomic E-state index is 0.241. The van der Waals surface area contributed by atoms with Gasteiger partial charge in [-0.2, -0.15) is 0 Å². The van der Waals surface area contributed by atoms with Gasteiger partial charge >= 0.3 is 5.97 Å². The van der Waals surface area contributed by atoms with Crippen LogP contribution in [-0.2, 0) is 19.9 Å². The molecule has 1 saturated heterocycles. The summed E-state index contributed by atoms with van der Waals surface area (Å²) in [7, 11) is 0. The van der Waals surface area contributed by atoms with Crippen LogP contribution in [-0.4, -0.2) is 18.7 Å². The van der Waals surface area contributed by atoms with Crippen LogP contribution in [0.25, 0.3) is 0 Å². The van der Waals surface area contributed by atoms with E-state index in [0.717, 1.165) is 12.0 Å². The second-order valence-corrected chi connectivity index (χ2v) is 5.13. The fourth-order valence-corrected chi connectivity index (χ4v) is 2.15. The normalized spacial score (nSPS) is 26.1. The van der Waals surface area contributed by atoms with Gasteiger partial charge in [-0.1, -0.05) is 51.1 Å². The Balaban J connectivity index is 2.04. The summed E-state index contributed by atoms with van der Waals surface area (Å²) in [4.78, 5) is 11.9. The molecule has 1 fully saturated rings. The van der Waals surface area contributed by atoms with E-state index in [1.807, 2.05) is 51.1 Å². The van der Waals surface area contributed by atoms with Crippen molar-refractivity contribution in [3.63, 3.8) is 0 Å². The highest BCUT2D eigenvalue weighted by atomic mass is 16.7. The van der Waals surface area contributed by atoms with Crippen molar-refractivity contribution < 1.29 is 14.3 Å². The maximum absolute atomic E-state index is 11.9. The molecule has 2 rings (SSSR count). The van der Waals surface area contributed by atoms with Gasteiger partial charge in [0.1, 0.15) is 5.60 Å². The summed E-state index contributed by atoms with van der Waals surface area (Å²) in [6.07, 6.45) is 0.335. The van der Waals surface area contributed by atoms with Crippen molar-refractivity contribution >= 4 is 5.97 Å². The number of hydrogen-bond donors (Lipinski definition) is 0. The lowest BCUT2D eigenvalue weighted by molar-refractivity contribution is -0.146. The van der Waals surface area contributed by atoms with Gasteiger partial charge in [0.05, 0.1) is 6.61 Å². The summed E-state index contributed by atoms with van der Waals surface area (Å²) in [5.41, 5.74) is 0.592. The van der Waals surface area contributed by atoms with E-state index in [0.29, 0.717) is 12.5 Å². The van der Waals surface area contributed by atoms with Crippen LogP contribution < -0.4 is 0 Å². The molecule has 3 heteroatoms. The molecule has 1 aliphatic heterocycles. The molecule has 1 aromatic rings. The molecule has 2 atom stereocenters. The Labute approximate surface area is 108 Å². The van der Waals surface area contributed by atoms with Gasteiger partial charge in [-0.15, -0.1) is 0 Å². The summed E-state index contributed by atoms with van der Waals surface area (Å²) in [5.74, 6) is 0.106. The van der Waals surface area contributed by atoms with Crippen molar-refractivity contribution in [3.05, 3.63) is 35.9 Å². The molecular weight excluding hydrogens is 228 g/mol. The Kier molecular flexibility index (Phi) is 3.71. The van der Waals surface area contributed by atoms with Gasteiger partial charge in [-0.25, -0.2) is 4.79 Å². The minimum Gasteiger partial charge on any atom is -0.463 e. The van der Waals surface area contributed by atoms with Gasteiger partial charge < -0.3 is 9.47 Å². The van der Waals surface area contributed by atoms with Crippen LogP contribution in [0.1, 0.15) is 32.8 Å². The van der Waals surface area contributed by atoms with E-state index in [2.05, 4.69) is 0 Å². The predicted molar refractivity (Wildman–Crippen MR) is 69.1 cm³/mol. The summed E-state index contributed by atoms with van der Waals surface area (Å²) in [5, 5.41) is 0. The van der Waals surface area contributed by atoms with Crippen LogP contribution in [0, 0.1) is 5.92 Å². The zero-order valence-electron chi connectivity index (χ0n) is 11.2. The first-order valence-corrected chi connectivity index (χ1v) is 6.50. The monoisotopic (exact) mass is 248 g/mol. The van der Waals surface area contributed by atoms with E-state index < -0.39 is 11.7 Å². The Hall–Kier alpha value is -1.35. The maximum Gasteiger partial charge on any atom is 0.338 e. The third kappa shape index (κ3) is 2.41. The third-order valence-corrected chi connectivity index (χ3v) is 3.26. The lowest BCUT2D eigenvalue weighted by Crippen LogP contribution is -2.22. The highest BCUT2D eigenvalue weighted by Crippen LogP contribution is 2.49. The van der Waals surface area contributed by atoms with E-state index in [4.69, 9.17) is 9.47 Å². The Bertz CT molecular complexity index is 413. The van der Waals surface area contributed by atoms with Crippen molar-refractivity contribution in [3.8, 4) is 0 Å². The fraction of sp³-hybridized carbons (Fsp3) is 0.533. The summed E-state index contributed by atoms with van der Waals surface area (Å²) in [6, 6.07) is 9.88. The van der Waals surface area contributed by atoms with E-state index in [9.17, 15) is 4.79 Å². The quantitative estimate of drug-likeness (QED) is 0.594. The zero-order chi connectivity index (χ0) is 13.2. The largest absolute Gasteiger partial charge is 0.463 e. The molecule has 0 aromatic heterocycles. The molecule has 1 aromatic carbocycles. The lowest BCUT2D eigenvalue weighted by atomic mass is 9.93. The summed E-state index contributed by atoms with van der Waals surface area (Å²) in [6.45, 7) is 6.52. The van der Waals surface area contributed by atoms with Gasteiger partial charge in [-0.3, -0.25) is 0 Å². The van der Waals surface area contributed by atoms with Gasteiger partial charge in [0.15, 0.2) is 6.10 Å². The topological polar surface area (TPSA) is 38.8 Å². The second-order valence-electron chi connectivity index (χ2n) is 5.13. The Morgan fingerprint density at radius 3 is 2.61 bits per heavy atom. The number of carbonyl (C=O) groups is 1.